The molecule has 1 heterocycles. The van der Waals surface area contributed by atoms with Gasteiger partial charge in [-0.2, -0.15) is 0 Å². The van der Waals surface area contributed by atoms with Gasteiger partial charge in [-0.1, -0.05) is 52.9 Å². The van der Waals surface area contributed by atoms with Crippen molar-refractivity contribution in [1.29, 1.82) is 0 Å². The summed E-state index contributed by atoms with van der Waals surface area (Å²) in [6.07, 6.45) is 12.6. The second-order valence-corrected chi connectivity index (χ2v) is 12.3. The van der Waals surface area contributed by atoms with Gasteiger partial charge in [0.1, 0.15) is 5.75 Å². The number of rotatable bonds is 15. The summed E-state index contributed by atoms with van der Waals surface area (Å²) in [5.41, 5.74) is 3.01. The number of hydrogen-bond donors (Lipinski definition) is 2. The monoisotopic (exact) mass is 600 g/mol. The third kappa shape index (κ3) is 9.64. The Morgan fingerprint density at radius 2 is 1.76 bits per heavy atom. The number of nitrogens with zero attached hydrogens (tertiary/aromatic N) is 1. The Morgan fingerprint density at radius 1 is 1.07 bits per heavy atom. The van der Waals surface area contributed by atoms with Crippen LogP contribution in [0.5, 0.6) is 5.75 Å². The number of amides is 1. The van der Waals surface area contributed by atoms with E-state index in [1.165, 1.54) is 19.1 Å². The Hall–Kier alpha value is -2.78. The fourth-order valence-electron chi connectivity index (χ4n) is 4.92. The lowest BCUT2D eigenvalue weighted by molar-refractivity contribution is -0.131. The number of carbonyl (C=O) groups is 2. The van der Waals surface area contributed by atoms with Gasteiger partial charge in [0, 0.05) is 28.6 Å². The zero-order chi connectivity index (χ0) is 29.7. The molecule has 224 valence electrons. The smallest absolute Gasteiger partial charge is 0.411 e. The SMILES string of the molecule is CCCCOC(=O)Nc1ccc(N2CC(CCCC)(CCCC)CSc3cc(O/C=C/C(=O)O)c(SC)cc32)cc1. The number of ether oxygens (including phenoxy) is 2. The van der Waals surface area contributed by atoms with Gasteiger partial charge in [0.15, 0.2) is 0 Å². The lowest BCUT2D eigenvalue weighted by Gasteiger charge is -2.38. The predicted molar refractivity (Wildman–Crippen MR) is 171 cm³/mol. The van der Waals surface area contributed by atoms with Crippen molar-refractivity contribution in [2.24, 2.45) is 5.41 Å². The lowest BCUT2D eigenvalue weighted by Crippen LogP contribution is -2.36. The van der Waals surface area contributed by atoms with Crippen molar-refractivity contribution in [3.8, 4) is 5.75 Å². The molecule has 2 aromatic rings. The van der Waals surface area contributed by atoms with E-state index in [2.05, 4.69) is 49.2 Å². The standard InChI is InChI=1S/C32H44N2O5S2/c1-5-8-16-32(17-9-6-2)22-34(25-13-11-24(12-14-25)33-31(37)39-18-10-7-3)26-20-29(40-4)27(21-28(26)41-23-32)38-19-15-30(35)36/h11-15,19-21H,5-10,16-18,22-23H2,1-4H3,(H,33,37)(H,35,36)/b19-15+. The second kappa shape index (κ2) is 16.6. The third-order valence-electron chi connectivity index (χ3n) is 7.25. The number of thioether (sulfide) groups is 2. The minimum atomic E-state index is -1.05. The van der Waals surface area contributed by atoms with Crippen LogP contribution < -0.4 is 15.0 Å². The van der Waals surface area contributed by atoms with Gasteiger partial charge in [-0.05, 0) is 67.3 Å². The predicted octanol–water partition coefficient (Wildman–Crippen LogP) is 9.34. The van der Waals surface area contributed by atoms with Gasteiger partial charge in [0.25, 0.3) is 0 Å². The molecule has 0 unspecified atom stereocenters. The van der Waals surface area contributed by atoms with Gasteiger partial charge in [-0.15, -0.1) is 23.5 Å². The Kier molecular flexibility index (Phi) is 13.3. The third-order valence-corrected chi connectivity index (χ3v) is 9.40. The number of hydrogen-bond acceptors (Lipinski definition) is 7. The second-order valence-electron chi connectivity index (χ2n) is 10.5. The first-order valence-electron chi connectivity index (χ1n) is 14.6. The van der Waals surface area contributed by atoms with Crippen LogP contribution in [0.1, 0.15) is 72.1 Å². The van der Waals surface area contributed by atoms with Crippen molar-refractivity contribution in [3.63, 3.8) is 0 Å². The molecular weight excluding hydrogens is 556 g/mol. The van der Waals surface area contributed by atoms with Gasteiger partial charge in [-0.3, -0.25) is 5.32 Å². The summed E-state index contributed by atoms with van der Waals surface area (Å²) in [5.74, 6) is 0.606. The summed E-state index contributed by atoms with van der Waals surface area (Å²) in [6, 6.07) is 12.2. The molecule has 0 saturated carbocycles. The van der Waals surface area contributed by atoms with E-state index >= 15 is 0 Å². The highest BCUT2D eigenvalue weighted by Crippen LogP contribution is 2.50. The minimum absolute atomic E-state index is 0.138. The van der Waals surface area contributed by atoms with Crippen LogP contribution in [0.2, 0.25) is 0 Å². The van der Waals surface area contributed by atoms with Crippen molar-refractivity contribution < 1.29 is 24.2 Å². The first kappa shape index (κ1) is 32.7. The Morgan fingerprint density at radius 3 is 2.37 bits per heavy atom. The molecule has 2 aromatic carbocycles. The normalized spacial score (nSPS) is 14.4. The van der Waals surface area contributed by atoms with E-state index in [1.54, 1.807) is 11.8 Å². The van der Waals surface area contributed by atoms with Gasteiger partial charge >= 0.3 is 12.1 Å². The van der Waals surface area contributed by atoms with Crippen LogP contribution in [-0.2, 0) is 9.53 Å². The van der Waals surface area contributed by atoms with Crippen molar-refractivity contribution in [3.05, 3.63) is 48.7 Å². The van der Waals surface area contributed by atoms with E-state index in [-0.39, 0.29) is 5.41 Å². The van der Waals surface area contributed by atoms with Crippen LogP contribution >= 0.6 is 23.5 Å². The van der Waals surface area contributed by atoms with E-state index < -0.39 is 12.1 Å². The maximum absolute atomic E-state index is 12.2. The number of carboxylic acid groups (broad SMARTS) is 1. The van der Waals surface area contributed by atoms with E-state index in [9.17, 15) is 9.59 Å². The van der Waals surface area contributed by atoms with Gasteiger partial charge in [0.2, 0.25) is 0 Å². The Balaban J connectivity index is 2.00. The van der Waals surface area contributed by atoms with Crippen LogP contribution in [0.15, 0.2) is 58.5 Å². The highest BCUT2D eigenvalue weighted by Gasteiger charge is 2.36. The number of aliphatic carboxylic acids is 1. The highest BCUT2D eigenvalue weighted by atomic mass is 32.2. The number of fused-ring (bicyclic) bond motifs is 1. The molecule has 1 aliphatic heterocycles. The number of carbonyl (C=O) groups excluding carboxylic acids is 1. The average molecular weight is 601 g/mol. The molecule has 1 aliphatic rings. The first-order chi connectivity index (χ1) is 19.8. The lowest BCUT2D eigenvalue weighted by atomic mass is 9.79. The molecular formula is C32H44N2O5S2. The van der Waals surface area contributed by atoms with Crippen LogP contribution in [0.4, 0.5) is 21.9 Å². The molecule has 3 rings (SSSR count). The Bertz CT molecular complexity index is 1160. The zero-order valence-corrected chi connectivity index (χ0v) is 26.4. The van der Waals surface area contributed by atoms with Gasteiger partial charge in [-0.25, -0.2) is 9.59 Å². The topological polar surface area (TPSA) is 88.1 Å². The van der Waals surface area contributed by atoms with E-state index in [0.29, 0.717) is 18.0 Å². The molecule has 0 radical (unpaired) electrons. The quantitative estimate of drug-likeness (QED) is 0.0905. The van der Waals surface area contributed by atoms with Crippen LogP contribution in [0.3, 0.4) is 0 Å². The molecule has 1 amide bonds. The molecule has 0 spiro atoms. The van der Waals surface area contributed by atoms with Crippen molar-refractivity contribution in [2.75, 3.05) is 35.4 Å². The molecule has 9 heteroatoms. The number of carboxylic acids is 1. The largest absolute Gasteiger partial charge is 0.478 e. The maximum Gasteiger partial charge on any atom is 0.411 e. The van der Waals surface area contributed by atoms with Crippen molar-refractivity contribution >= 4 is 52.6 Å². The molecule has 2 N–H and O–H groups in total. The molecule has 0 bridgehead atoms. The molecule has 41 heavy (non-hydrogen) atoms. The zero-order valence-electron chi connectivity index (χ0n) is 24.7. The summed E-state index contributed by atoms with van der Waals surface area (Å²) in [6.45, 7) is 7.87. The summed E-state index contributed by atoms with van der Waals surface area (Å²) in [5, 5.41) is 11.8. The molecule has 7 nitrogen and oxygen atoms in total. The summed E-state index contributed by atoms with van der Waals surface area (Å²) >= 11 is 3.44. The maximum atomic E-state index is 12.2. The van der Waals surface area contributed by atoms with E-state index in [0.717, 1.165) is 78.1 Å². The summed E-state index contributed by atoms with van der Waals surface area (Å²) in [7, 11) is 0. The number of benzene rings is 2. The first-order valence-corrected chi connectivity index (χ1v) is 16.8. The Labute approximate surface area is 253 Å². The summed E-state index contributed by atoms with van der Waals surface area (Å²) in [4.78, 5) is 27.6. The van der Waals surface area contributed by atoms with Crippen LogP contribution in [0, 0.1) is 5.41 Å². The number of nitrogens with one attached hydrogen (secondary N) is 1. The average Bonchev–Trinajstić information content (AvgIpc) is 3.12. The van der Waals surface area contributed by atoms with Gasteiger partial charge in [0.05, 0.1) is 29.5 Å². The number of unbranched alkanes of at least 4 members (excludes halogenated alkanes) is 3. The number of anilines is 3. The van der Waals surface area contributed by atoms with Crippen molar-refractivity contribution in [1.82, 2.24) is 0 Å². The van der Waals surface area contributed by atoms with Crippen LogP contribution in [0.25, 0.3) is 0 Å². The van der Waals surface area contributed by atoms with Crippen LogP contribution in [-0.4, -0.2) is 42.3 Å². The molecule has 0 fully saturated rings. The fraction of sp³-hybridized carbons (Fsp3) is 0.500. The molecule has 0 aliphatic carbocycles. The molecule has 0 atom stereocenters. The van der Waals surface area contributed by atoms with Crippen molar-refractivity contribution in [2.45, 2.75) is 81.9 Å². The summed E-state index contributed by atoms with van der Waals surface area (Å²) < 4.78 is 11.1. The van der Waals surface area contributed by atoms with Gasteiger partial charge < -0.3 is 19.5 Å². The fourth-order valence-corrected chi connectivity index (χ4v) is 6.81. The molecule has 0 aromatic heterocycles. The van der Waals surface area contributed by atoms with E-state index in [1.807, 2.05) is 36.2 Å². The van der Waals surface area contributed by atoms with E-state index in [4.69, 9.17) is 14.6 Å². The minimum Gasteiger partial charge on any atom is -0.478 e. The molecule has 0 saturated heterocycles. The highest BCUT2D eigenvalue weighted by molar-refractivity contribution is 7.99.